The minimum absolute atomic E-state index is 0.245. The number of ether oxygens (including phenoxy) is 1. The molecule has 2 N–H and O–H groups in total. The molecule has 0 bridgehead atoms. The van der Waals surface area contributed by atoms with Crippen molar-refractivity contribution in [2.75, 3.05) is 6.54 Å². The van der Waals surface area contributed by atoms with E-state index >= 15 is 0 Å². The van der Waals surface area contributed by atoms with Gasteiger partial charge in [0.1, 0.15) is 5.60 Å². The summed E-state index contributed by atoms with van der Waals surface area (Å²) in [6, 6.07) is 0. The molecule has 106 valence electrons. The molecule has 0 aromatic carbocycles. The van der Waals surface area contributed by atoms with Gasteiger partial charge in [-0.3, -0.25) is 0 Å². The Labute approximate surface area is 112 Å². The average molecular weight is 255 g/mol. The molecule has 0 spiro atoms. The van der Waals surface area contributed by atoms with Crippen molar-refractivity contribution >= 4 is 5.97 Å². The first kappa shape index (κ1) is 17.2. The van der Waals surface area contributed by atoms with Crippen LogP contribution in [0.1, 0.15) is 65.7 Å². The summed E-state index contributed by atoms with van der Waals surface area (Å²) in [6.07, 6.45) is 11.7. The lowest BCUT2D eigenvalue weighted by atomic mass is 10.1. The van der Waals surface area contributed by atoms with E-state index in [2.05, 4.69) is 0 Å². The fourth-order valence-corrected chi connectivity index (χ4v) is 1.63. The maximum absolute atomic E-state index is 11.3. The molecule has 0 rings (SSSR count). The van der Waals surface area contributed by atoms with E-state index < -0.39 is 5.60 Å². The van der Waals surface area contributed by atoms with Crippen molar-refractivity contribution in [2.24, 2.45) is 5.73 Å². The minimum atomic E-state index is -0.398. The van der Waals surface area contributed by atoms with Gasteiger partial charge in [0.15, 0.2) is 0 Å². The first-order valence-electron chi connectivity index (χ1n) is 7.05. The normalized spacial score (nSPS) is 12.0. The quantitative estimate of drug-likeness (QED) is 0.389. The lowest BCUT2D eigenvalue weighted by molar-refractivity contribution is -0.148. The number of allylic oxidation sites excluding steroid dienone is 1. The topological polar surface area (TPSA) is 52.3 Å². The van der Waals surface area contributed by atoms with Crippen LogP contribution in [0.25, 0.3) is 0 Å². The zero-order valence-electron chi connectivity index (χ0n) is 12.2. The highest BCUT2D eigenvalue weighted by molar-refractivity contribution is 5.82. The molecule has 0 aromatic rings. The molecule has 0 heterocycles. The zero-order chi connectivity index (χ0) is 13.9. The summed E-state index contributed by atoms with van der Waals surface area (Å²) in [7, 11) is 0. The molecule has 3 nitrogen and oxygen atoms in total. The Morgan fingerprint density at radius 3 is 2.17 bits per heavy atom. The van der Waals surface area contributed by atoms with Crippen LogP contribution in [0.4, 0.5) is 0 Å². The van der Waals surface area contributed by atoms with Crippen LogP contribution in [0.2, 0.25) is 0 Å². The summed E-state index contributed by atoms with van der Waals surface area (Å²) in [5.41, 5.74) is 5.03. The molecule has 0 fully saturated rings. The Kier molecular flexibility index (Phi) is 9.66. The summed E-state index contributed by atoms with van der Waals surface area (Å²) in [5.74, 6) is -0.245. The van der Waals surface area contributed by atoms with Crippen molar-refractivity contribution in [2.45, 2.75) is 71.3 Å². The van der Waals surface area contributed by atoms with Crippen molar-refractivity contribution in [3.63, 3.8) is 0 Å². The van der Waals surface area contributed by atoms with Gasteiger partial charge in [-0.1, -0.05) is 31.8 Å². The number of unbranched alkanes of at least 4 members (excludes halogenated alkanes) is 6. The van der Waals surface area contributed by atoms with Crippen molar-refractivity contribution in [3.05, 3.63) is 12.2 Å². The minimum Gasteiger partial charge on any atom is -0.457 e. The smallest absolute Gasteiger partial charge is 0.330 e. The number of carbonyl (C=O) groups excluding carboxylic acids is 1. The second-order valence-electron chi connectivity index (χ2n) is 5.63. The maximum atomic E-state index is 11.3. The molecule has 0 radical (unpaired) electrons. The highest BCUT2D eigenvalue weighted by Crippen LogP contribution is 2.09. The Hall–Kier alpha value is -0.830. The average Bonchev–Trinajstić information content (AvgIpc) is 2.24. The third-order valence-corrected chi connectivity index (χ3v) is 2.49. The van der Waals surface area contributed by atoms with E-state index in [1.165, 1.54) is 25.7 Å². The second kappa shape index (κ2) is 10.1. The first-order chi connectivity index (χ1) is 8.45. The van der Waals surface area contributed by atoms with E-state index in [1.54, 1.807) is 6.08 Å². The van der Waals surface area contributed by atoms with Crippen molar-refractivity contribution in [1.82, 2.24) is 0 Å². The third-order valence-electron chi connectivity index (χ3n) is 2.49. The SMILES string of the molecule is CC(C)(C)OC(=O)/C=C/CCCCCCCCN. The number of carbonyl (C=O) groups is 1. The number of esters is 1. The van der Waals surface area contributed by atoms with Crippen LogP contribution in [-0.4, -0.2) is 18.1 Å². The van der Waals surface area contributed by atoms with Crippen LogP contribution in [0.5, 0.6) is 0 Å². The maximum Gasteiger partial charge on any atom is 0.330 e. The Morgan fingerprint density at radius 1 is 1.06 bits per heavy atom. The number of rotatable bonds is 9. The van der Waals surface area contributed by atoms with Gasteiger partial charge < -0.3 is 10.5 Å². The van der Waals surface area contributed by atoms with Gasteiger partial charge in [0.2, 0.25) is 0 Å². The lowest BCUT2D eigenvalue weighted by Gasteiger charge is -2.17. The third kappa shape index (κ3) is 13.2. The number of hydrogen-bond donors (Lipinski definition) is 1. The monoisotopic (exact) mass is 255 g/mol. The summed E-state index contributed by atoms with van der Waals surface area (Å²) in [6.45, 7) is 6.43. The van der Waals surface area contributed by atoms with Crippen molar-refractivity contribution in [3.8, 4) is 0 Å². The van der Waals surface area contributed by atoms with Crippen LogP contribution in [0.3, 0.4) is 0 Å². The predicted molar refractivity (Wildman–Crippen MR) is 76.4 cm³/mol. The Morgan fingerprint density at radius 2 is 1.61 bits per heavy atom. The Bertz CT molecular complexity index is 241. The number of nitrogens with two attached hydrogens (primary N) is 1. The summed E-state index contributed by atoms with van der Waals surface area (Å²) >= 11 is 0. The van der Waals surface area contributed by atoms with E-state index in [1.807, 2.05) is 26.8 Å². The lowest BCUT2D eigenvalue weighted by Crippen LogP contribution is -2.22. The van der Waals surface area contributed by atoms with Gasteiger partial charge in [0.25, 0.3) is 0 Å². The summed E-state index contributed by atoms with van der Waals surface area (Å²) in [5, 5.41) is 0. The van der Waals surface area contributed by atoms with Crippen molar-refractivity contribution in [1.29, 1.82) is 0 Å². The fraction of sp³-hybridized carbons (Fsp3) is 0.800. The highest BCUT2D eigenvalue weighted by atomic mass is 16.6. The van der Waals surface area contributed by atoms with Crippen LogP contribution in [0.15, 0.2) is 12.2 Å². The molecule has 0 saturated carbocycles. The molecule has 0 aromatic heterocycles. The largest absolute Gasteiger partial charge is 0.457 e. The number of hydrogen-bond acceptors (Lipinski definition) is 3. The summed E-state index contributed by atoms with van der Waals surface area (Å²) < 4.78 is 5.17. The highest BCUT2D eigenvalue weighted by Gasteiger charge is 2.13. The standard InChI is InChI=1S/C15H29NO2/c1-15(2,3)18-14(17)12-10-8-6-4-5-7-9-11-13-16/h10,12H,4-9,11,13,16H2,1-3H3/b12-10+. The molecule has 0 unspecified atom stereocenters. The van der Waals surface area contributed by atoms with E-state index in [0.29, 0.717) is 0 Å². The van der Waals surface area contributed by atoms with Gasteiger partial charge in [-0.15, -0.1) is 0 Å². The molecule has 0 aliphatic heterocycles. The molecule has 0 aliphatic rings. The van der Waals surface area contributed by atoms with Gasteiger partial charge in [-0.25, -0.2) is 4.79 Å². The Balaban J connectivity index is 3.40. The van der Waals surface area contributed by atoms with Crippen LogP contribution in [-0.2, 0) is 9.53 Å². The van der Waals surface area contributed by atoms with Gasteiger partial charge in [-0.2, -0.15) is 0 Å². The van der Waals surface area contributed by atoms with E-state index in [-0.39, 0.29) is 5.97 Å². The predicted octanol–water partition coefficient (Wildman–Crippen LogP) is 3.57. The first-order valence-corrected chi connectivity index (χ1v) is 7.05. The summed E-state index contributed by atoms with van der Waals surface area (Å²) in [4.78, 5) is 11.3. The molecular formula is C15H29NO2. The van der Waals surface area contributed by atoms with Crippen LogP contribution in [0, 0.1) is 0 Å². The van der Waals surface area contributed by atoms with E-state index in [0.717, 1.165) is 25.8 Å². The van der Waals surface area contributed by atoms with Crippen LogP contribution < -0.4 is 5.73 Å². The van der Waals surface area contributed by atoms with Gasteiger partial charge in [-0.05, 0) is 46.6 Å². The molecule has 18 heavy (non-hydrogen) atoms. The van der Waals surface area contributed by atoms with Gasteiger partial charge in [0.05, 0.1) is 0 Å². The van der Waals surface area contributed by atoms with Crippen LogP contribution >= 0.6 is 0 Å². The zero-order valence-corrected chi connectivity index (χ0v) is 12.2. The molecule has 3 heteroatoms. The molecule has 0 atom stereocenters. The van der Waals surface area contributed by atoms with E-state index in [9.17, 15) is 4.79 Å². The van der Waals surface area contributed by atoms with Gasteiger partial charge >= 0.3 is 5.97 Å². The molecule has 0 amide bonds. The fourth-order valence-electron chi connectivity index (χ4n) is 1.63. The van der Waals surface area contributed by atoms with Crippen molar-refractivity contribution < 1.29 is 9.53 Å². The molecule has 0 saturated heterocycles. The van der Waals surface area contributed by atoms with Gasteiger partial charge in [0, 0.05) is 6.08 Å². The second-order valence-corrected chi connectivity index (χ2v) is 5.63. The molecular weight excluding hydrogens is 226 g/mol. The molecule has 0 aliphatic carbocycles. The van der Waals surface area contributed by atoms with E-state index in [4.69, 9.17) is 10.5 Å².